The molecular weight excluding hydrogens is 265 g/mol. The lowest BCUT2D eigenvalue weighted by Crippen LogP contribution is -2.23. The Morgan fingerprint density at radius 1 is 1.47 bits per heavy atom. The Morgan fingerprint density at radius 3 is 2.79 bits per heavy atom. The molecule has 0 heterocycles. The minimum atomic E-state index is -0.386. The predicted octanol–water partition coefficient (Wildman–Crippen LogP) is 3.75. The molecule has 0 amide bonds. The Kier molecular flexibility index (Phi) is 7.06. The van der Waals surface area contributed by atoms with Crippen LogP contribution in [-0.4, -0.2) is 26.8 Å². The van der Waals surface area contributed by atoms with Gasteiger partial charge in [-0.3, -0.25) is 0 Å². The van der Waals surface area contributed by atoms with Crippen LogP contribution in [0.25, 0.3) is 6.08 Å². The Hall–Kier alpha value is -0.900. The fraction of sp³-hybridized carbons (Fsp3) is 0.467. The van der Waals surface area contributed by atoms with Gasteiger partial charge in [0.25, 0.3) is 0 Å². The van der Waals surface area contributed by atoms with Crippen LogP contribution in [0.3, 0.4) is 0 Å². The molecule has 0 saturated carbocycles. The van der Waals surface area contributed by atoms with E-state index in [1.165, 1.54) is 11.6 Å². The average Bonchev–Trinajstić information content (AvgIpc) is 2.37. The molecule has 19 heavy (non-hydrogen) atoms. The molecular formula is C15H21ClFNO. The second-order valence-corrected chi connectivity index (χ2v) is 5.12. The first kappa shape index (κ1) is 16.2. The van der Waals surface area contributed by atoms with E-state index in [0.29, 0.717) is 12.5 Å². The molecule has 0 aliphatic rings. The standard InChI is InChI=1S/C15H21ClFNO/c1-11(2)13(10-18-6-7-19-3)8-12-4-5-15(17)14(16)9-12/h4-5,8-9,11,18H,6-7,10H2,1-3H3/b13-8-. The quantitative estimate of drug-likeness (QED) is 0.770. The summed E-state index contributed by atoms with van der Waals surface area (Å²) in [6.45, 7) is 6.55. The van der Waals surface area contributed by atoms with Crippen molar-refractivity contribution in [2.24, 2.45) is 5.92 Å². The molecule has 4 heteroatoms. The van der Waals surface area contributed by atoms with E-state index in [4.69, 9.17) is 16.3 Å². The third-order valence-electron chi connectivity index (χ3n) is 2.85. The summed E-state index contributed by atoms with van der Waals surface area (Å²) in [5.41, 5.74) is 2.17. The van der Waals surface area contributed by atoms with Gasteiger partial charge in [0.05, 0.1) is 11.6 Å². The molecule has 0 aliphatic heterocycles. The second kappa shape index (κ2) is 8.31. The Labute approximate surface area is 119 Å². The number of methoxy groups -OCH3 is 1. The van der Waals surface area contributed by atoms with Gasteiger partial charge in [-0.1, -0.05) is 43.2 Å². The van der Waals surface area contributed by atoms with Crippen molar-refractivity contribution in [3.8, 4) is 0 Å². The molecule has 0 atom stereocenters. The Bertz CT molecular complexity index is 432. The zero-order chi connectivity index (χ0) is 14.3. The fourth-order valence-electron chi connectivity index (χ4n) is 1.65. The molecule has 106 valence electrons. The highest BCUT2D eigenvalue weighted by Gasteiger charge is 2.05. The molecule has 0 radical (unpaired) electrons. The molecule has 1 N–H and O–H groups in total. The number of hydrogen-bond acceptors (Lipinski definition) is 2. The van der Waals surface area contributed by atoms with Crippen LogP contribution in [0.1, 0.15) is 19.4 Å². The smallest absolute Gasteiger partial charge is 0.141 e. The van der Waals surface area contributed by atoms with E-state index in [2.05, 4.69) is 25.2 Å². The lowest BCUT2D eigenvalue weighted by Gasteiger charge is -2.13. The zero-order valence-corrected chi connectivity index (χ0v) is 12.4. The van der Waals surface area contributed by atoms with E-state index < -0.39 is 0 Å². The van der Waals surface area contributed by atoms with Crippen LogP contribution in [0, 0.1) is 11.7 Å². The molecule has 0 fully saturated rings. The third-order valence-corrected chi connectivity index (χ3v) is 3.14. The highest BCUT2D eigenvalue weighted by Crippen LogP contribution is 2.20. The maximum Gasteiger partial charge on any atom is 0.141 e. The van der Waals surface area contributed by atoms with Crippen LogP contribution in [-0.2, 0) is 4.74 Å². The van der Waals surface area contributed by atoms with Gasteiger partial charge in [0, 0.05) is 20.2 Å². The van der Waals surface area contributed by atoms with E-state index in [0.717, 1.165) is 18.7 Å². The van der Waals surface area contributed by atoms with E-state index in [9.17, 15) is 4.39 Å². The maximum absolute atomic E-state index is 13.1. The average molecular weight is 286 g/mol. The van der Waals surface area contributed by atoms with Gasteiger partial charge in [-0.15, -0.1) is 0 Å². The number of rotatable bonds is 7. The van der Waals surface area contributed by atoms with E-state index in [1.54, 1.807) is 19.2 Å². The molecule has 0 bridgehead atoms. The summed E-state index contributed by atoms with van der Waals surface area (Å²) in [6, 6.07) is 4.78. The van der Waals surface area contributed by atoms with Crippen LogP contribution < -0.4 is 5.32 Å². The summed E-state index contributed by atoms with van der Waals surface area (Å²) >= 11 is 5.79. The summed E-state index contributed by atoms with van der Waals surface area (Å²) in [5.74, 6) is 0.0296. The van der Waals surface area contributed by atoms with Crippen LogP contribution >= 0.6 is 11.6 Å². The highest BCUT2D eigenvalue weighted by atomic mass is 35.5. The highest BCUT2D eigenvalue weighted by molar-refractivity contribution is 6.30. The van der Waals surface area contributed by atoms with Crippen molar-refractivity contribution in [1.29, 1.82) is 0 Å². The van der Waals surface area contributed by atoms with E-state index >= 15 is 0 Å². The van der Waals surface area contributed by atoms with Gasteiger partial charge < -0.3 is 10.1 Å². The molecule has 0 aliphatic carbocycles. The maximum atomic E-state index is 13.1. The van der Waals surface area contributed by atoms with Crippen LogP contribution in [0.15, 0.2) is 23.8 Å². The first-order chi connectivity index (χ1) is 9.04. The van der Waals surface area contributed by atoms with Crippen molar-refractivity contribution < 1.29 is 9.13 Å². The van der Waals surface area contributed by atoms with Crippen molar-refractivity contribution in [2.45, 2.75) is 13.8 Å². The van der Waals surface area contributed by atoms with E-state index in [1.807, 2.05) is 0 Å². The molecule has 1 rings (SSSR count). The zero-order valence-electron chi connectivity index (χ0n) is 11.7. The fourth-order valence-corrected chi connectivity index (χ4v) is 1.83. The van der Waals surface area contributed by atoms with Crippen molar-refractivity contribution in [3.63, 3.8) is 0 Å². The largest absolute Gasteiger partial charge is 0.383 e. The molecule has 0 unspecified atom stereocenters. The molecule has 2 nitrogen and oxygen atoms in total. The van der Waals surface area contributed by atoms with Crippen molar-refractivity contribution in [1.82, 2.24) is 5.32 Å². The van der Waals surface area contributed by atoms with Crippen LogP contribution in [0.5, 0.6) is 0 Å². The van der Waals surface area contributed by atoms with Gasteiger partial charge in [-0.05, 0) is 23.6 Å². The number of hydrogen-bond donors (Lipinski definition) is 1. The third kappa shape index (κ3) is 5.72. The minimum Gasteiger partial charge on any atom is -0.383 e. The lowest BCUT2D eigenvalue weighted by atomic mass is 10.00. The predicted molar refractivity (Wildman–Crippen MR) is 79.0 cm³/mol. The summed E-state index contributed by atoms with van der Waals surface area (Å²) < 4.78 is 18.1. The number of halogens is 2. The lowest BCUT2D eigenvalue weighted by molar-refractivity contribution is 0.200. The van der Waals surface area contributed by atoms with Gasteiger partial charge in [-0.2, -0.15) is 0 Å². The summed E-state index contributed by atoms with van der Waals surface area (Å²) in [4.78, 5) is 0. The molecule has 0 saturated heterocycles. The van der Waals surface area contributed by atoms with Gasteiger partial charge in [-0.25, -0.2) is 4.39 Å². The first-order valence-corrected chi connectivity index (χ1v) is 6.77. The van der Waals surface area contributed by atoms with Gasteiger partial charge in [0.15, 0.2) is 0 Å². The number of ether oxygens (including phenoxy) is 1. The Balaban J connectivity index is 2.73. The van der Waals surface area contributed by atoms with Crippen LogP contribution in [0.4, 0.5) is 4.39 Å². The van der Waals surface area contributed by atoms with Crippen molar-refractivity contribution in [2.75, 3.05) is 26.8 Å². The summed E-state index contributed by atoms with van der Waals surface area (Å²) in [6.07, 6.45) is 2.05. The van der Waals surface area contributed by atoms with Gasteiger partial charge in [0.1, 0.15) is 5.82 Å². The summed E-state index contributed by atoms with van der Waals surface area (Å²) in [7, 11) is 1.68. The van der Waals surface area contributed by atoms with Crippen LogP contribution in [0.2, 0.25) is 5.02 Å². The van der Waals surface area contributed by atoms with E-state index in [-0.39, 0.29) is 10.8 Å². The SMILES string of the molecule is COCCNC/C(=C/c1ccc(F)c(Cl)c1)C(C)C. The van der Waals surface area contributed by atoms with Crippen molar-refractivity contribution >= 4 is 17.7 Å². The van der Waals surface area contributed by atoms with Crippen molar-refractivity contribution in [3.05, 3.63) is 40.2 Å². The summed E-state index contributed by atoms with van der Waals surface area (Å²) in [5, 5.41) is 3.47. The number of benzene rings is 1. The molecule has 0 aromatic heterocycles. The van der Waals surface area contributed by atoms with Gasteiger partial charge in [0.2, 0.25) is 0 Å². The first-order valence-electron chi connectivity index (χ1n) is 6.39. The topological polar surface area (TPSA) is 21.3 Å². The molecule has 1 aromatic rings. The second-order valence-electron chi connectivity index (χ2n) is 4.72. The Morgan fingerprint density at radius 2 is 2.21 bits per heavy atom. The molecule has 1 aromatic carbocycles. The monoisotopic (exact) mass is 285 g/mol. The number of nitrogens with one attached hydrogen (secondary N) is 1. The van der Waals surface area contributed by atoms with Gasteiger partial charge >= 0.3 is 0 Å². The normalized spacial score (nSPS) is 12.2. The minimum absolute atomic E-state index is 0.157. The molecule has 0 spiro atoms.